The van der Waals surface area contributed by atoms with Gasteiger partial charge in [0.2, 0.25) is 5.95 Å². The Bertz CT molecular complexity index is 1610. The average molecular weight is 644 g/mol. The van der Waals surface area contributed by atoms with Gasteiger partial charge in [0.25, 0.3) is 0 Å². The highest BCUT2D eigenvalue weighted by atomic mass is 79.9. The number of H-pyrrole nitrogens is 1. The Morgan fingerprint density at radius 1 is 1.14 bits per heavy atom. The SMILES string of the molecule is CC(C)(C)OC(=O)N1CC=CCC1c1c[nH]c2ccc(Nc3ncc(Br)c(NCc4ccc(C(F)(F)F)cc4)n3)cc12. The number of anilines is 3. The lowest BCUT2D eigenvalue weighted by molar-refractivity contribution is -0.137. The Balaban J connectivity index is 1.33. The number of fused-ring (bicyclic) bond motifs is 1. The number of aromatic amines is 1. The van der Waals surface area contributed by atoms with E-state index in [-0.39, 0.29) is 18.7 Å². The minimum Gasteiger partial charge on any atom is -0.444 e. The first kappa shape index (κ1) is 29.4. The van der Waals surface area contributed by atoms with Crippen molar-refractivity contribution in [2.75, 3.05) is 17.2 Å². The summed E-state index contributed by atoms with van der Waals surface area (Å²) >= 11 is 3.43. The highest BCUT2D eigenvalue weighted by Crippen LogP contribution is 2.36. The molecule has 8 nitrogen and oxygen atoms in total. The van der Waals surface area contributed by atoms with Crippen molar-refractivity contribution in [2.45, 2.75) is 51.6 Å². The predicted molar refractivity (Wildman–Crippen MR) is 160 cm³/mol. The number of aromatic nitrogens is 3. The van der Waals surface area contributed by atoms with Gasteiger partial charge in [0, 0.05) is 47.6 Å². The molecule has 1 amide bonds. The molecular formula is C30H30BrF3N6O2. The van der Waals surface area contributed by atoms with E-state index in [0.29, 0.717) is 34.8 Å². The first-order valence-corrected chi connectivity index (χ1v) is 14.1. The Labute approximate surface area is 249 Å². The summed E-state index contributed by atoms with van der Waals surface area (Å²) in [5.74, 6) is 0.818. The number of carbonyl (C=O) groups is 1. The van der Waals surface area contributed by atoms with Crippen LogP contribution < -0.4 is 10.6 Å². The zero-order valence-corrected chi connectivity index (χ0v) is 24.8. The molecule has 0 saturated heterocycles. The normalized spacial score (nSPS) is 15.6. The highest BCUT2D eigenvalue weighted by Gasteiger charge is 2.31. The molecule has 4 aromatic rings. The molecule has 0 spiro atoms. The average Bonchev–Trinajstić information content (AvgIpc) is 3.35. The largest absolute Gasteiger partial charge is 0.444 e. The van der Waals surface area contributed by atoms with Crippen molar-refractivity contribution in [3.05, 3.63) is 88.2 Å². The van der Waals surface area contributed by atoms with E-state index in [2.05, 4.69) is 47.6 Å². The molecular weight excluding hydrogens is 613 g/mol. The van der Waals surface area contributed by atoms with Crippen LogP contribution in [0.15, 0.2) is 71.5 Å². The maximum atomic E-state index is 13.0. The summed E-state index contributed by atoms with van der Waals surface area (Å²) in [4.78, 5) is 26.9. The van der Waals surface area contributed by atoms with Crippen LogP contribution in [-0.4, -0.2) is 38.1 Å². The van der Waals surface area contributed by atoms with Crippen LogP contribution in [0.25, 0.3) is 10.9 Å². The molecule has 42 heavy (non-hydrogen) atoms. The summed E-state index contributed by atoms with van der Waals surface area (Å²) in [6.45, 7) is 6.28. The van der Waals surface area contributed by atoms with E-state index in [4.69, 9.17) is 4.74 Å². The molecule has 0 fully saturated rings. The lowest BCUT2D eigenvalue weighted by Gasteiger charge is -2.34. The van der Waals surface area contributed by atoms with Gasteiger partial charge in [-0.3, -0.25) is 4.90 Å². The monoisotopic (exact) mass is 642 g/mol. The number of hydrogen-bond acceptors (Lipinski definition) is 6. The van der Waals surface area contributed by atoms with Gasteiger partial charge in [-0.2, -0.15) is 18.2 Å². The van der Waals surface area contributed by atoms with Crippen LogP contribution >= 0.6 is 15.9 Å². The second kappa shape index (κ2) is 11.7. The summed E-state index contributed by atoms with van der Waals surface area (Å²) in [7, 11) is 0. The molecule has 0 saturated carbocycles. The van der Waals surface area contributed by atoms with Gasteiger partial charge in [0.05, 0.1) is 16.1 Å². The molecule has 0 bridgehead atoms. The van der Waals surface area contributed by atoms with Crippen molar-refractivity contribution in [3.8, 4) is 0 Å². The van der Waals surface area contributed by atoms with Crippen molar-refractivity contribution in [2.24, 2.45) is 0 Å². The van der Waals surface area contributed by atoms with Crippen LogP contribution in [0.3, 0.4) is 0 Å². The second-order valence-corrected chi connectivity index (χ2v) is 11.8. The van der Waals surface area contributed by atoms with Gasteiger partial charge in [-0.25, -0.2) is 9.78 Å². The van der Waals surface area contributed by atoms with Gasteiger partial charge in [-0.1, -0.05) is 24.3 Å². The standard InChI is InChI=1S/C30H30BrF3N6O2/c1-29(2,3)42-28(41)40-13-5-4-6-25(40)22-16-35-24-12-11-20(14-21(22)24)38-27-37-17-23(31)26(39-27)36-15-18-7-9-19(10-8-18)30(32,33)34/h4-5,7-12,14,16-17,25,35H,6,13,15H2,1-3H3,(H2,36,37,38,39). The number of ether oxygens (including phenoxy) is 1. The van der Waals surface area contributed by atoms with Crippen molar-refractivity contribution >= 4 is 50.4 Å². The van der Waals surface area contributed by atoms with Crippen LogP contribution in [0.5, 0.6) is 0 Å². The maximum Gasteiger partial charge on any atom is 0.416 e. The Hall–Kier alpha value is -4.06. The first-order chi connectivity index (χ1) is 19.9. The molecule has 220 valence electrons. The van der Waals surface area contributed by atoms with E-state index in [0.717, 1.165) is 34.3 Å². The minimum atomic E-state index is -4.38. The fourth-order valence-electron chi connectivity index (χ4n) is 4.66. The number of alkyl halides is 3. The number of benzene rings is 2. The molecule has 5 rings (SSSR count). The first-order valence-electron chi connectivity index (χ1n) is 13.3. The summed E-state index contributed by atoms with van der Waals surface area (Å²) in [6.07, 6.45) is 3.48. The van der Waals surface area contributed by atoms with E-state index < -0.39 is 17.3 Å². The number of nitrogens with zero attached hydrogens (tertiary/aromatic N) is 3. The lowest BCUT2D eigenvalue weighted by atomic mass is 9.98. The van der Waals surface area contributed by atoms with Gasteiger partial charge < -0.3 is 20.4 Å². The number of amides is 1. The molecule has 12 heteroatoms. The van der Waals surface area contributed by atoms with Crippen LogP contribution in [0.1, 0.15) is 49.9 Å². The van der Waals surface area contributed by atoms with Crippen LogP contribution in [0.4, 0.5) is 35.4 Å². The van der Waals surface area contributed by atoms with Crippen molar-refractivity contribution in [1.29, 1.82) is 0 Å². The van der Waals surface area contributed by atoms with Gasteiger partial charge in [0.1, 0.15) is 11.4 Å². The molecule has 1 aliphatic heterocycles. The van der Waals surface area contributed by atoms with Crippen LogP contribution in [-0.2, 0) is 17.5 Å². The molecule has 0 radical (unpaired) electrons. The number of nitrogens with one attached hydrogen (secondary N) is 3. The minimum absolute atomic E-state index is 0.196. The molecule has 2 aromatic carbocycles. The third-order valence-corrected chi connectivity index (χ3v) is 7.23. The summed E-state index contributed by atoms with van der Waals surface area (Å²) in [5.41, 5.74) is 2.02. The molecule has 2 aromatic heterocycles. The number of hydrogen-bond donors (Lipinski definition) is 3. The van der Waals surface area contributed by atoms with Crippen molar-refractivity contribution in [3.63, 3.8) is 0 Å². The Morgan fingerprint density at radius 3 is 2.62 bits per heavy atom. The van der Waals surface area contributed by atoms with E-state index >= 15 is 0 Å². The molecule has 3 N–H and O–H groups in total. The maximum absolute atomic E-state index is 13.0. The Morgan fingerprint density at radius 2 is 1.90 bits per heavy atom. The van der Waals surface area contributed by atoms with E-state index in [1.165, 1.54) is 12.1 Å². The molecule has 0 aliphatic carbocycles. The second-order valence-electron chi connectivity index (χ2n) is 10.9. The zero-order chi connectivity index (χ0) is 30.1. The Kier molecular flexibility index (Phi) is 8.18. The van der Waals surface area contributed by atoms with Gasteiger partial charge in [-0.15, -0.1) is 0 Å². The zero-order valence-electron chi connectivity index (χ0n) is 23.2. The molecule has 1 aliphatic rings. The number of carbonyl (C=O) groups excluding carboxylic acids is 1. The smallest absolute Gasteiger partial charge is 0.416 e. The third-order valence-electron chi connectivity index (χ3n) is 6.65. The van der Waals surface area contributed by atoms with Gasteiger partial charge in [0.15, 0.2) is 0 Å². The molecule has 1 atom stereocenters. The lowest BCUT2D eigenvalue weighted by Crippen LogP contribution is -2.40. The molecule has 1 unspecified atom stereocenters. The highest BCUT2D eigenvalue weighted by molar-refractivity contribution is 9.10. The molecule has 3 heterocycles. The van der Waals surface area contributed by atoms with Crippen LogP contribution in [0.2, 0.25) is 0 Å². The quantitative estimate of drug-likeness (QED) is 0.183. The predicted octanol–water partition coefficient (Wildman–Crippen LogP) is 8.33. The van der Waals surface area contributed by atoms with E-state index in [1.54, 1.807) is 11.1 Å². The van der Waals surface area contributed by atoms with Crippen molar-refractivity contribution < 1.29 is 22.7 Å². The van der Waals surface area contributed by atoms with Crippen molar-refractivity contribution in [1.82, 2.24) is 19.9 Å². The summed E-state index contributed by atoms with van der Waals surface area (Å²) < 4.78 is 44.9. The number of rotatable bonds is 6. The van der Waals surface area contributed by atoms with E-state index in [9.17, 15) is 18.0 Å². The van der Waals surface area contributed by atoms with E-state index in [1.807, 2.05) is 51.2 Å². The fraction of sp³-hybridized carbons (Fsp3) is 0.300. The topological polar surface area (TPSA) is 95.2 Å². The third kappa shape index (κ3) is 6.87. The fourth-order valence-corrected chi connectivity index (χ4v) is 4.99. The summed E-state index contributed by atoms with van der Waals surface area (Å²) in [6, 6.07) is 10.6. The summed E-state index contributed by atoms with van der Waals surface area (Å²) in [5, 5.41) is 7.32. The van der Waals surface area contributed by atoms with Gasteiger partial charge in [-0.05, 0) is 79.0 Å². The van der Waals surface area contributed by atoms with Gasteiger partial charge >= 0.3 is 12.3 Å². The van der Waals surface area contributed by atoms with Crippen LogP contribution in [0, 0.1) is 0 Å². The number of halogens is 4.